The number of hydrogen-bond acceptors (Lipinski definition) is 0. The fourth-order valence-corrected chi connectivity index (χ4v) is 1.70. The third kappa shape index (κ3) is 1.21. The van der Waals surface area contributed by atoms with E-state index in [0.29, 0.717) is 0 Å². The highest BCUT2D eigenvalue weighted by Gasteiger charge is 2.09. The van der Waals surface area contributed by atoms with Crippen molar-refractivity contribution in [1.29, 1.82) is 0 Å². The number of benzene rings is 1. The zero-order valence-corrected chi connectivity index (χ0v) is 8.33. The van der Waals surface area contributed by atoms with Gasteiger partial charge in [-0.1, -0.05) is 12.1 Å². The first-order valence-corrected chi connectivity index (χ1v) is 4.55. The van der Waals surface area contributed by atoms with Crippen molar-refractivity contribution in [3.05, 3.63) is 41.6 Å². The van der Waals surface area contributed by atoms with E-state index in [2.05, 4.69) is 55.8 Å². The first kappa shape index (κ1) is 8.24. The van der Waals surface area contributed by atoms with Gasteiger partial charge >= 0.3 is 0 Å². The van der Waals surface area contributed by atoms with Crippen molar-refractivity contribution >= 4 is 10.9 Å². The summed E-state index contributed by atoms with van der Waals surface area (Å²) < 4.78 is 2.24. The molecule has 0 atom stereocenters. The summed E-state index contributed by atoms with van der Waals surface area (Å²) >= 11 is 0. The molecule has 0 radical (unpaired) electrons. The molecule has 0 bridgehead atoms. The molecule has 1 heterocycles. The van der Waals surface area contributed by atoms with Gasteiger partial charge in [0.1, 0.15) is 7.05 Å². The lowest BCUT2D eigenvalue weighted by molar-refractivity contribution is -0.651. The minimum absolute atomic E-state index is 1.30. The van der Waals surface area contributed by atoms with Crippen LogP contribution in [-0.2, 0) is 7.05 Å². The maximum atomic E-state index is 2.24. The summed E-state index contributed by atoms with van der Waals surface area (Å²) in [6.07, 6.45) is 0. The molecule has 0 unspecified atom stereocenters. The van der Waals surface area contributed by atoms with Gasteiger partial charge in [0.2, 0.25) is 5.52 Å². The summed E-state index contributed by atoms with van der Waals surface area (Å²) in [5.74, 6) is 0. The summed E-state index contributed by atoms with van der Waals surface area (Å²) in [7, 11) is 2.12. The summed E-state index contributed by atoms with van der Waals surface area (Å²) in [6.45, 7) is 4.31. The van der Waals surface area contributed by atoms with E-state index in [1.807, 2.05) is 0 Å². The van der Waals surface area contributed by atoms with E-state index in [1.54, 1.807) is 0 Å². The minimum atomic E-state index is 1.30. The van der Waals surface area contributed by atoms with Crippen molar-refractivity contribution in [2.75, 3.05) is 0 Å². The van der Waals surface area contributed by atoms with Gasteiger partial charge in [0, 0.05) is 23.9 Å². The molecule has 0 amide bonds. The number of para-hydroxylation sites is 1. The van der Waals surface area contributed by atoms with Crippen molar-refractivity contribution in [3.63, 3.8) is 0 Å². The Bertz CT molecular complexity index is 458. The molecule has 0 N–H and O–H groups in total. The van der Waals surface area contributed by atoms with Gasteiger partial charge in [0.15, 0.2) is 5.69 Å². The molecular formula is C12H14N+. The van der Waals surface area contributed by atoms with E-state index in [1.165, 1.54) is 22.2 Å². The largest absolute Gasteiger partial charge is 0.212 e. The molecule has 1 aromatic carbocycles. The minimum Gasteiger partial charge on any atom is -0.198 e. The highest BCUT2D eigenvalue weighted by molar-refractivity contribution is 5.76. The number of hydrogen-bond donors (Lipinski definition) is 0. The van der Waals surface area contributed by atoms with Crippen LogP contribution in [0.4, 0.5) is 0 Å². The average Bonchev–Trinajstić information content (AvgIpc) is 2.15. The molecule has 13 heavy (non-hydrogen) atoms. The average molecular weight is 172 g/mol. The molecule has 0 aliphatic carbocycles. The highest BCUT2D eigenvalue weighted by Crippen LogP contribution is 2.12. The summed E-state index contributed by atoms with van der Waals surface area (Å²) in [5.41, 5.74) is 3.98. The second-order valence-corrected chi connectivity index (χ2v) is 3.53. The van der Waals surface area contributed by atoms with E-state index < -0.39 is 0 Å². The van der Waals surface area contributed by atoms with Crippen LogP contribution in [0.25, 0.3) is 10.9 Å². The van der Waals surface area contributed by atoms with Crippen LogP contribution in [0.15, 0.2) is 30.3 Å². The number of fused-ring (bicyclic) bond motifs is 1. The van der Waals surface area contributed by atoms with Crippen LogP contribution in [-0.4, -0.2) is 0 Å². The molecule has 66 valence electrons. The van der Waals surface area contributed by atoms with Gasteiger partial charge in [0.05, 0.1) is 0 Å². The van der Waals surface area contributed by atoms with Crippen LogP contribution < -0.4 is 4.57 Å². The van der Waals surface area contributed by atoms with Gasteiger partial charge in [-0.25, -0.2) is 0 Å². The second-order valence-electron chi connectivity index (χ2n) is 3.53. The van der Waals surface area contributed by atoms with Crippen LogP contribution in [0.3, 0.4) is 0 Å². The Balaban J connectivity index is 2.94. The van der Waals surface area contributed by atoms with E-state index in [-0.39, 0.29) is 0 Å². The molecule has 1 nitrogen and oxygen atoms in total. The van der Waals surface area contributed by atoms with Crippen molar-refractivity contribution in [1.82, 2.24) is 0 Å². The van der Waals surface area contributed by atoms with Crippen molar-refractivity contribution in [3.8, 4) is 0 Å². The molecule has 0 spiro atoms. The molecule has 0 saturated carbocycles. The van der Waals surface area contributed by atoms with Crippen LogP contribution in [0.2, 0.25) is 0 Å². The fraction of sp³-hybridized carbons (Fsp3) is 0.250. The number of aromatic nitrogens is 1. The Morgan fingerprint density at radius 1 is 1.08 bits per heavy atom. The standard InChI is InChI=1S/C12H14N/c1-9-8-11-6-4-5-7-12(11)13(3)10(9)2/h4-8H,1-3H3/q+1. The molecular weight excluding hydrogens is 158 g/mol. The molecule has 1 heteroatoms. The lowest BCUT2D eigenvalue weighted by Crippen LogP contribution is -2.33. The summed E-state index contributed by atoms with van der Waals surface area (Å²) in [4.78, 5) is 0. The topological polar surface area (TPSA) is 3.88 Å². The highest BCUT2D eigenvalue weighted by atomic mass is 14.9. The number of aryl methyl sites for hydroxylation is 2. The summed E-state index contributed by atoms with van der Waals surface area (Å²) in [5, 5.41) is 1.31. The lowest BCUT2D eigenvalue weighted by Gasteiger charge is -2.02. The van der Waals surface area contributed by atoms with Crippen LogP contribution in [0.5, 0.6) is 0 Å². The van der Waals surface area contributed by atoms with Gasteiger partial charge < -0.3 is 0 Å². The Morgan fingerprint density at radius 3 is 2.54 bits per heavy atom. The van der Waals surface area contributed by atoms with Crippen molar-refractivity contribution in [2.45, 2.75) is 13.8 Å². The normalized spacial score (nSPS) is 10.7. The van der Waals surface area contributed by atoms with Crippen molar-refractivity contribution < 1.29 is 4.57 Å². The van der Waals surface area contributed by atoms with Crippen LogP contribution in [0.1, 0.15) is 11.3 Å². The van der Waals surface area contributed by atoms with Crippen molar-refractivity contribution in [2.24, 2.45) is 7.05 Å². The molecule has 2 rings (SSSR count). The Labute approximate surface area is 78.6 Å². The first-order valence-electron chi connectivity index (χ1n) is 4.55. The fourth-order valence-electron chi connectivity index (χ4n) is 1.70. The maximum absolute atomic E-state index is 2.24. The van der Waals surface area contributed by atoms with E-state index in [0.717, 1.165) is 0 Å². The second kappa shape index (κ2) is 2.84. The van der Waals surface area contributed by atoms with Gasteiger partial charge in [-0.3, -0.25) is 0 Å². The van der Waals surface area contributed by atoms with Crippen LogP contribution in [0, 0.1) is 13.8 Å². The Kier molecular flexibility index (Phi) is 1.80. The molecule has 2 aromatic rings. The van der Waals surface area contributed by atoms with Gasteiger partial charge in [-0.05, 0) is 19.1 Å². The maximum Gasteiger partial charge on any atom is 0.212 e. The van der Waals surface area contributed by atoms with Gasteiger partial charge in [0.25, 0.3) is 0 Å². The third-order valence-electron chi connectivity index (χ3n) is 2.74. The van der Waals surface area contributed by atoms with E-state index >= 15 is 0 Å². The molecule has 0 aliphatic rings. The molecule has 0 fully saturated rings. The predicted octanol–water partition coefficient (Wildman–Crippen LogP) is 2.28. The van der Waals surface area contributed by atoms with Gasteiger partial charge in [-0.2, -0.15) is 4.57 Å². The van der Waals surface area contributed by atoms with Gasteiger partial charge in [-0.15, -0.1) is 0 Å². The third-order valence-corrected chi connectivity index (χ3v) is 2.74. The molecule has 1 aromatic heterocycles. The quantitative estimate of drug-likeness (QED) is 0.537. The van der Waals surface area contributed by atoms with E-state index in [9.17, 15) is 0 Å². The predicted molar refractivity (Wildman–Crippen MR) is 54.6 cm³/mol. The lowest BCUT2D eigenvalue weighted by atomic mass is 10.1. The Morgan fingerprint density at radius 2 is 1.77 bits per heavy atom. The number of nitrogens with zero attached hydrogens (tertiary/aromatic N) is 1. The van der Waals surface area contributed by atoms with E-state index in [4.69, 9.17) is 0 Å². The molecule has 0 saturated heterocycles. The number of rotatable bonds is 0. The zero-order valence-electron chi connectivity index (χ0n) is 8.33. The molecule has 0 aliphatic heterocycles. The smallest absolute Gasteiger partial charge is 0.198 e. The monoisotopic (exact) mass is 172 g/mol. The first-order chi connectivity index (χ1) is 6.20. The Hall–Kier alpha value is -1.37. The summed E-state index contributed by atoms with van der Waals surface area (Å²) in [6, 6.07) is 10.7. The zero-order chi connectivity index (χ0) is 9.42. The van der Waals surface area contributed by atoms with Crippen LogP contribution >= 0.6 is 0 Å². The number of pyridine rings is 1. The SMILES string of the molecule is Cc1cc2ccccc2[n+](C)c1C.